The van der Waals surface area contributed by atoms with Gasteiger partial charge in [-0.2, -0.15) is 0 Å². The third kappa shape index (κ3) is 5.90. The lowest BCUT2D eigenvalue weighted by molar-refractivity contribution is -0.136. The van der Waals surface area contributed by atoms with E-state index in [4.69, 9.17) is 20.7 Å². The second kappa shape index (κ2) is 12.8. The standard InChI is InChI=1S/C39H43N9O4/c1-46-19-27-15-26(46)20-47(27)25-5-7-31-32(16-25)43-18-33(44-31)30(36(40)22-2-3-22)17-42-24-12-21(13-24)10-11-41-23-4-6-28-29(14-23)39(52)48(38(28)51)34-8-9-35(49)45-37(34)50/h4-7,14,16-18,21-22,24,26-27,34,41H,2-3,8-13,15,19-20,40H2,1H3,(H,45,49,50)/t21?,24?,26-,27-,34?/m1/s1. The minimum atomic E-state index is -0.973. The number of hydrogen-bond donors (Lipinski definition) is 3. The van der Waals surface area contributed by atoms with Crippen LogP contribution in [0.2, 0.25) is 0 Å². The van der Waals surface area contributed by atoms with Gasteiger partial charge < -0.3 is 16.0 Å². The Morgan fingerprint density at radius 2 is 1.81 bits per heavy atom. The number of likely N-dealkylation sites (N-methyl/N-ethyl adjacent to an activating group) is 1. The average Bonchev–Trinajstić information content (AvgIpc) is 3.74. The number of amides is 4. The maximum Gasteiger partial charge on any atom is 0.262 e. The number of carbonyl (C=O) groups excluding carboxylic acids is 4. The Balaban J connectivity index is 0.799. The summed E-state index contributed by atoms with van der Waals surface area (Å²) in [5.41, 5.74) is 13.4. The summed E-state index contributed by atoms with van der Waals surface area (Å²) in [6, 6.07) is 12.0. The lowest BCUT2D eigenvalue weighted by Gasteiger charge is -2.33. The molecule has 3 atom stereocenters. The molecule has 4 aliphatic heterocycles. The summed E-state index contributed by atoms with van der Waals surface area (Å²) in [5.74, 6) is -1.12. The van der Waals surface area contributed by atoms with Crippen LogP contribution < -0.4 is 21.3 Å². The van der Waals surface area contributed by atoms with Gasteiger partial charge in [-0.25, -0.2) is 4.98 Å². The molecule has 6 aliphatic rings. The monoisotopic (exact) mass is 701 g/mol. The van der Waals surface area contributed by atoms with Crippen molar-refractivity contribution in [3.8, 4) is 0 Å². The van der Waals surface area contributed by atoms with Crippen LogP contribution in [0.25, 0.3) is 16.6 Å². The molecule has 3 aromatic rings. The zero-order valence-electron chi connectivity index (χ0n) is 29.3. The van der Waals surface area contributed by atoms with Crippen LogP contribution in [0.5, 0.6) is 0 Å². The summed E-state index contributed by atoms with van der Waals surface area (Å²) >= 11 is 0. The van der Waals surface area contributed by atoms with Gasteiger partial charge >= 0.3 is 0 Å². The molecule has 1 aromatic heterocycles. The van der Waals surface area contributed by atoms with E-state index in [1.165, 1.54) is 12.1 Å². The van der Waals surface area contributed by atoms with E-state index in [1.807, 2.05) is 12.4 Å². The fourth-order valence-electron chi connectivity index (χ4n) is 8.63. The molecule has 0 spiro atoms. The van der Waals surface area contributed by atoms with E-state index in [-0.39, 0.29) is 30.0 Å². The Hall–Kier alpha value is -5.17. The van der Waals surface area contributed by atoms with Gasteiger partial charge in [-0.1, -0.05) is 0 Å². The third-order valence-electron chi connectivity index (χ3n) is 11.9. The van der Waals surface area contributed by atoms with Gasteiger partial charge in [0.15, 0.2) is 0 Å². The Labute approximate surface area is 301 Å². The number of allylic oxidation sites excluding steroid dienone is 2. The Morgan fingerprint density at radius 3 is 2.56 bits per heavy atom. The first-order valence-electron chi connectivity index (χ1n) is 18.6. The molecule has 3 saturated heterocycles. The number of aliphatic imine (C=N–C) groups is 1. The second-order valence-electron chi connectivity index (χ2n) is 15.4. The quantitative estimate of drug-likeness (QED) is 0.211. The van der Waals surface area contributed by atoms with Crippen LogP contribution in [0.4, 0.5) is 11.4 Å². The van der Waals surface area contributed by atoms with E-state index in [1.54, 1.807) is 18.2 Å². The number of piperazine rings is 1. The number of aromatic nitrogens is 2. The summed E-state index contributed by atoms with van der Waals surface area (Å²) in [4.78, 5) is 70.8. The first kappa shape index (κ1) is 32.7. The molecule has 2 saturated carbocycles. The highest BCUT2D eigenvalue weighted by Crippen LogP contribution is 2.39. The number of nitrogens with two attached hydrogens (primary N) is 1. The SMILES string of the molecule is CN1C[C@H]2C[C@@H]1CN2c1ccc2nc(C(C=NC3CC(CCNc4ccc5c(c4)C(=O)N(C4CCC(=O)NC4=O)C5=O)C3)=C(N)C3CC3)cnc2c1. The van der Waals surface area contributed by atoms with E-state index in [9.17, 15) is 19.2 Å². The van der Waals surface area contributed by atoms with Crippen molar-refractivity contribution in [1.82, 2.24) is 25.1 Å². The van der Waals surface area contributed by atoms with Crippen LogP contribution in [-0.4, -0.2) is 100 Å². The Bertz CT molecular complexity index is 2070. The second-order valence-corrected chi connectivity index (χ2v) is 15.4. The van der Waals surface area contributed by atoms with Crippen LogP contribution in [0.1, 0.15) is 77.8 Å². The number of nitrogens with zero attached hydrogens (tertiary/aromatic N) is 6. The summed E-state index contributed by atoms with van der Waals surface area (Å²) in [6.45, 7) is 2.88. The molecule has 9 rings (SSSR count). The van der Waals surface area contributed by atoms with Crippen molar-refractivity contribution < 1.29 is 19.2 Å². The van der Waals surface area contributed by atoms with Crippen LogP contribution in [0, 0.1) is 11.8 Å². The van der Waals surface area contributed by atoms with Crippen molar-refractivity contribution in [3.05, 3.63) is 65.1 Å². The number of imide groups is 2. The normalized spacial score (nSPS) is 27.8. The van der Waals surface area contributed by atoms with Gasteiger partial charge in [-0.05, 0) is 100 Å². The van der Waals surface area contributed by atoms with Crippen molar-refractivity contribution in [2.45, 2.75) is 75.5 Å². The molecule has 5 heterocycles. The van der Waals surface area contributed by atoms with Gasteiger partial charge in [0.2, 0.25) is 11.8 Å². The number of piperidine rings is 1. The molecule has 4 amide bonds. The summed E-state index contributed by atoms with van der Waals surface area (Å²) < 4.78 is 0. The molecule has 268 valence electrons. The van der Waals surface area contributed by atoms with Crippen molar-refractivity contribution in [1.29, 1.82) is 0 Å². The first-order chi connectivity index (χ1) is 25.2. The Kier molecular flexibility index (Phi) is 8.05. The number of rotatable bonds is 10. The van der Waals surface area contributed by atoms with Crippen molar-refractivity contribution in [3.63, 3.8) is 0 Å². The smallest absolute Gasteiger partial charge is 0.262 e. The highest BCUT2D eigenvalue weighted by atomic mass is 16.2. The van der Waals surface area contributed by atoms with Crippen LogP contribution in [0.15, 0.2) is 53.3 Å². The number of anilines is 2. The maximum atomic E-state index is 13.2. The molecular weight excluding hydrogens is 658 g/mol. The van der Waals surface area contributed by atoms with Gasteiger partial charge in [0.05, 0.1) is 40.1 Å². The van der Waals surface area contributed by atoms with E-state index in [2.05, 4.69) is 45.7 Å². The number of hydrogen-bond acceptors (Lipinski definition) is 11. The van der Waals surface area contributed by atoms with E-state index in [0.29, 0.717) is 30.5 Å². The molecule has 4 N–H and O–H groups in total. The molecule has 0 radical (unpaired) electrons. The van der Waals surface area contributed by atoms with Crippen molar-refractivity contribution in [2.24, 2.45) is 22.6 Å². The minimum Gasteiger partial charge on any atom is -0.401 e. The average molecular weight is 702 g/mol. The number of carbonyl (C=O) groups is 4. The van der Waals surface area contributed by atoms with Gasteiger partial charge in [-0.3, -0.25) is 44.3 Å². The molecule has 13 heteroatoms. The van der Waals surface area contributed by atoms with Crippen LogP contribution in [0.3, 0.4) is 0 Å². The predicted molar refractivity (Wildman–Crippen MR) is 197 cm³/mol. The molecule has 2 aliphatic carbocycles. The predicted octanol–water partition coefficient (Wildman–Crippen LogP) is 3.36. The molecule has 52 heavy (non-hydrogen) atoms. The topological polar surface area (TPSA) is 166 Å². The van der Waals surface area contributed by atoms with E-state index >= 15 is 0 Å². The first-order valence-corrected chi connectivity index (χ1v) is 18.6. The lowest BCUT2D eigenvalue weighted by Crippen LogP contribution is -2.54. The summed E-state index contributed by atoms with van der Waals surface area (Å²) in [7, 11) is 2.22. The number of benzene rings is 2. The molecule has 5 fully saturated rings. The van der Waals surface area contributed by atoms with Gasteiger partial charge in [0.1, 0.15) is 6.04 Å². The number of fused-ring (bicyclic) bond motifs is 4. The zero-order chi connectivity index (χ0) is 35.7. The molecule has 13 nitrogen and oxygen atoms in total. The largest absolute Gasteiger partial charge is 0.401 e. The summed E-state index contributed by atoms with van der Waals surface area (Å²) in [6.07, 6.45) is 10.3. The molecule has 2 aromatic carbocycles. The lowest BCUT2D eigenvalue weighted by atomic mass is 9.78. The van der Waals surface area contributed by atoms with E-state index in [0.717, 1.165) is 83.8 Å². The molecule has 1 unspecified atom stereocenters. The maximum absolute atomic E-state index is 13.2. The molecular formula is C39H43N9O4. The van der Waals surface area contributed by atoms with Crippen LogP contribution >= 0.6 is 0 Å². The summed E-state index contributed by atoms with van der Waals surface area (Å²) in [5, 5.41) is 5.62. The zero-order valence-corrected chi connectivity index (χ0v) is 29.3. The highest BCUT2D eigenvalue weighted by molar-refractivity contribution is 6.23. The Morgan fingerprint density at radius 1 is 0.981 bits per heavy atom. The highest BCUT2D eigenvalue weighted by Gasteiger charge is 2.45. The fraction of sp³-hybridized carbons (Fsp3) is 0.462. The van der Waals surface area contributed by atoms with E-state index < -0.39 is 29.7 Å². The van der Waals surface area contributed by atoms with Crippen molar-refractivity contribution >= 4 is 57.8 Å². The van der Waals surface area contributed by atoms with Gasteiger partial charge in [0.25, 0.3) is 11.8 Å². The minimum absolute atomic E-state index is 0.0917. The van der Waals surface area contributed by atoms with Gasteiger partial charge in [0, 0.05) is 67.0 Å². The number of nitrogens with one attached hydrogen (secondary N) is 2. The van der Waals surface area contributed by atoms with Crippen molar-refractivity contribution in [2.75, 3.05) is 36.9 Å². The van der Waals surface area contributed by atoms with Crippen LogP contribution in [-0.2, 0) is 9.59 Å². The molecule has 2 bridgehead atoms. The third-order valence-corrected chi connectivity index (χ3v) is 11.9. The van der Waals surface area contributed by atoms with Gasteiger partial charge in [-0.15, -0.1) is 0 Å². The fourth-order valence-corrected chi connectivity index (χ4v) is 8.63. The number of likely N-dealkylation sites (tertiary alicyclic amines) is 1.